The number of benzene rings is 2. The third-order valence-electron chi connectivity index (χ3n) is 5.79. The Morgan fingerprint density at radius 3 is 2.55 bits per heavy atom. The van der Waals surface area contributed by atoms with E-state index in [0.717, 1.165) is 29.0 Å². The average Bonchev–Trinajstić information content (AvgIpc) is 3.02. The monoisotopic (exact) mass is 439 g/mol. The third kappa shape index (κ3) is 4.06. The Morgan fingerprint density at radius 1 is 1.16 bits per heavy atom. The number of nitrogens with two attached hydrogens (primary N) is 1. The van der Waals surface area contributed by atoms with Crippen LogP contribution in [0.1, 0.15) is 34.8 Å². The maximum atomic E-state index is 13.3. The Balaban J connectivity index is 0.00000272. The summed E-state index contributed by atoms with van der Waals surface area (Å²) in [6.45, 7) is 2.90. The van der Waals surface area contributed by atoms with Crippen molar-refractivity contribution in [2.75, 3.05) is 19.0 Å². The summed E-state index contributed by atoms with van der Waals surface area (Å²) >= 11 is 0. The normalized spacial score (nSPS) is 17.1. The Kier molecular flexibility index (Phi) is 6.77. The number of halogens is 1. The van der Waals surface area contributed by atoms with E-state index in [9.17, 15) is 4.79 Å². The zero-order chi connectivity index (χ0) is 21.1. The molecule has 1 atom stereocenters. The topological polar surface area (TPSA) is 93.4 Å². The fourth-order valence-electron chi connectivity index (χ4n) is 4.07. The van der Waals surface area contributed by atoms with E-state index in [1.165, 1.54) is 6.33 Å². The van der Waals surface area contributed by atoms with E-state index in [4.69, 9.17) is 10.5 Å². The van der Waals surface area contributed by atoms with Crippen LogP contribution in [0.5, 0.6) is 5.75 Å². The van der Waals surface area contributed by atoms with Crippen molar-refractivity contribution in [3.05, 3.63) is 77.7 Å². The second-order valence-electron chi connectivity index (χ2n) is 7.31. The lowest BCUT2D eigenvalue weighted by Gasteiger charge is -2.38. The van der Waals surface area contributed by atoms with Gasteiger partial charge in [0.05, 0.1) is 12.6 Å². The Hall–Kier alpha value is -3.16. The number of carbonyl (C=O) groups is 1. The largest absolute Gasteiger partial charge is 0.497 e. The summed E-state index contributed by atoms with van der Waals surface area (Å²) in [5, 5.41) is 3.28. The van der Waals surface area contributed by atoms with Gasteiger partial charge in [0.15, 0.2) is 0 Å². The highest BCUT2D eigenvalue weighted by Gasteiger charge is 2.47. The number of nitrogens with one attached hydrogen (secondary N) is 1. The zero-order valence-corrected chi connectivity index (χ0v) is 18.4. The average molecular weight is 440 g/mol. The van der Waals surface area contributed by atoms with Crippen LogP contribution >= 0.6 is 12.4 Å². The van der Waals surface area contributed by atoms with E-state index in [-0.39, 0.29) is 18.3 Å². The summed E-state index contributed by atoms with van der Waals surface area (Å²) in [6, 6.07) is 15.3. The Morgan fingerprint density at radius 2 is 1.94 bits per heavy atom. The van der Waals surface area contributed by atoms with Crippen LogP contribution in [0.4, 0.5) is 11.5 Å². The van der Waals surface area contributed by atoms with Crippen LogP contribution < -0.4 is 15.8 Å². The van der Waals surface area contributed by atoms with Crippen LogP contribution in [0.2, 0.25) is 0 Å². The van der Waals surface area contributed by atoms with Gasteiger partial charge in [0.1, 0.15) is 17.9 Å². The Bertz CT molecular complexity index is 1040. The summed E-state index contributed by atoms with van der Waals surface area (Å²) in [7, 11) is 1.64. The van der Waals surface area contributed by atoms with E-state index in [1.807, 2.05) is 47.4 Å². The molecule has 1 aliphatic heterocycles. The maximum absolute atomic E-state index is 13.3. The highest BCUT2D eigenvalue weighted by Crippen LogP contribution is 2.43. The molecule has 7 nitrogen and oxygen atoms in total. The maximum Gasteiger partial charge on any atom is 0.255 e. The van der Waals surface area contributed by atoms with Crippen LogP contribution in [-0.4, -0.2) is 34.4 Å². The van der Waals surface area contributed by atoms with Crippen molar-refractivity contribution in [1.29, 1.82) is 0 Å². The van der Waals surface area contributed by atoms with Gasteiger partial charge >= 0.3 is 0 Å². The van der Waals surface area contributed by atoms with Gasteiger partial charge in [0.25, 0.3) is 5.91 Å². The van der Waals surface area contributed by atoms with Crippen molar-refractivity contribution in [2.45, 2.75) is 25.4 Å². The number of anilines is 2. The first-order valence-electron chi connectivity index (χ1n) is 9.94. The van der Waals surface area contributed by atoms with Gasteiger partial charge in [-0.1, -0.05) is 19.1 Å². The van der Waals surface area contributed by atoms with Gasteiger partial charge in [-0.3, -0.25) is 4.79 Å². The minimum Gasteiger partial charge on any atom is -0.497 e. The van der Waals surface area contributed by atoms with Gasteiger partial charge in [0, 0.05) is 30.5 Å². The molecule has 0 aliphatic carbocycles. The van der Waals surface area contributed by atoms with E-state index in [2.05, 4.69) is 22.2 Å². The van der Waals surface area contributed by atoms with Crippen LogP contribution in [0.3, 0.4) is 0 Å². The molecule has 4 rings (SSSR count). The molecule has 1 aromatic heterocycles. The number of methoxy groups -OCH3 is 1. The fraction of sp³-hybridized carbons (Fsp3) is 0.261. The molecule has 3 aromatic rings. The number of nitrogens with zero attached hydrogens (tertiary/aromatic N) is 3. The lowest BCUT2D eigenvalue weighted by Crippen LogP contribution is -2.48. The van der Waals surface area contributed by atoms with E-state index >= 15 is 0 Å². The molecule has 0 saturated carbocycles. The highest BCUT2D eigenvalue weighted by molar-refractivity contribution is 6.00. The molecule has 162 valence electrons. The van der Waals surface area contributed by atoms with E-state index < -0.39 is 5.54 Å². The second kappa shape index (κ2) is 9.32. The van der Waals surface area contributed by atoms with Gasteiger partial charge in [-0.2, -0.15) is 0 Å². The standard InChI is InChI=1S/C23H25N5O2.ClH/c1-3-23(14-24)20-12-17(27-21-10-11-25-15-26-21)6-9-19(20)22(29)28(23)13-16-4-7-18(30-2)8-5-16;/h4-12,15H,3,13-14,24H2,1-2H3,(H,25,26,27);1H. The predicted molar refractivity (Wildman–Crippen MR) is 123 cm³/mol. The first-order valence-corrected chi connectivity index (χ1v) is 9.94. The summed E-state index contributed by atoms with van der Waals surface area (Å²) in [4.78, 5) is 23.4. The lowest BCUT2D eigenvalue weighted by atomic mass is 9.86. The van der Waals surface area contributed by atoms with Gasteiger partial charge in [0.2, 0.25) is 0 Å². The van der Waals surface area contributed by atoms with Gasteiger partial charge in [-0.25, -0.2) is 9.97 Å². The molecule has 1 unspecified atom stereocenters. The molecule has 2 heterocycles. The molecular formula is C23H26ClN5O2. The molecule has 0 fully saturated rings. The molecule has 8 heteroatoms. The number of ether oxygens (including phenoxy) is 1. The molecule has 0 bridgehead atoms. The summed E-state index contributed by atoms with van der Waals surface area (Å²) < 4.78 is 5.24. The van der Waals surface area contributed by atoms with Gasteiger partial charge < -0.3 is 20.7 Å². The summed E-state index contributed by atoms with van der Waals surface area (Å²) in [5.41, 5.74) is 9.27. The molecule has 0 radical (unpaired) electrons. The minimum atomic E-state index is -0.560. The molecule has 31 heavy (non-hydrogen) atoms. The number of rotatable bonds is 7. The van der Waals surface area contributed by atoms with Crippen molar-refractivity contribution in [2.24, 2.45) is 5.73 Å². The minimum absolute atomic E-state index is 0. The number of aromatic nitrogens is 2. The number of hydrogen-bond donors (Lipinski definition) is 2. The van der Waals surface area contributed by atoms with Crippen molar-refractivity contribution in [3.63, 3.8) is 0 Å². The number of carbonyl (C=O) groups excluding carboxylic acids is 1. The van der Waals surface area contributed by atoms with Crippen LogP contribution in [0.15, 0.2) is 61.1 Å². The zero-order valence-electron chi connectivity index (χ0n) is 17.5. The summed E-state index contributed by atoms with van der Waals surface area (Å²) in [6.07, 6.45) is 3.89. The quantitative estimate of drug-likeness (QED) is 0.580. The SMILES string of the molecule is CCC1(CN)c2cc(Nc3ccncn3)ccc2C(=O)N1Cc1ccc(OC)cc1.Cl. The number of fused-ring (bicyclic) bond motifs is 1. The number of amides is 1. The lowest BCUT2D eigenvalue weighted by molar-refractivity contribution is 0.0522. The smallest absolute Gasteiger partial charge is 0.255 e. The fourth-order valence-corrected chi connectivity index (χ4v) is 4.07. The van der Waals surface area contributed by atoms with Crippen molar-refractivity contribution in [1.82, 2.24) is 14.9 Å². The van der Waals surface area contributed by atoms with Crippen molar-refractivity contribution in [3.8, 4) is 5.75 Å². The first-order chi connectivity index (χ1) is 14.6. The van der Waals surface area contributed by atoms with Crippen molar-refractivity contribution >= 4 is 29.8 Å². The van der Waals surface area contributed by atoms with E-state index in [1.54, 1.807) is 19.4 Å². The molecule has 0 saturated heterocycles. The van der Waals surface area contributed by atoms with Gasteiger partial charge in [-0.05, 0) is 53.9 Å². The Labute approximate surface area is 188 Å². The molecule has 1 aliphatic rings. The molecule has 1 amide bonds. The third-order valence-corrected chi connectivity index (χ3v) is 5.79. The summed E-state index contributed by atoms with van der Waals surface area (Å²) in [5.74, 6) is 1.48. The number of hydrogen-bond acceptors (Lipinski definition) is 6. The van der Waals surface area contributed by atoms with Crippen molar-refractivity contribution < 1.29 is 9.53 Å². The predicted octanol–water partition coefficient (Wildman–Crippen LogP) is 3.87. The van der Waals surface area contributed by atoms with Crippen LogP contribution in [0, 0.1) is 0 Å². The molecule has 2 aromatic carbocycles. The molecule has 0 spiro atoms. The van der Waals surface area contributed by atoms with Gasteiger partial charge in [-0.15, -0.1) is 12.4 Å². The van der Waals surface area contributed by atoms with Crippen LogP contribution in [0.25, 0.3) is 0 Å². The van der Waals surface area contributed by atoms with E-state index in [0.29, 0.717) is 24.5 Å². The second-order valence-corrected chi connectivity index (χ2v) is 7.31. The molecular weight excluding hydrogens is 414 g/mol. The van der Waals surface area contributed by atoms with Crippen LogP contribution in [-0.2, 0) is 12.1 Å². The highest BCUT2D eigenvalue weighted by atomic mass is 35.5. The molecule has 3 N–H and O–H groups in total. The first kappa shape index (κ1) is 22.5.